The highest BCUT2D eigenvalue weighted by molar-refractivity contribution is 7.80. The summed E-state index contributed by atoms with van der Waals surface area (Å²) >= 11 is 5.26. The molecule has 1 rings (SSSR count). The zero-order valence-corrected chi connectivity index (χ0v) is 17.0. The van der Waals surface area contributed by atoms with Crippen LogP contribution in [-0.4, -0.2) is 35.8 Å². The molecule has 0 radical (unpaired) electrons. The second kappa shape index (κ2) is 10.1. The molecule has 0 fully saturated rings. The summed E-state index contributed by atoms with van der Waals surface area (Å²) in [5.41, 5.74) is 1.03. The Balaban J connectivity index is 3.08. The number of carbonyl (C=O) groups excluding carboxylic acids is 2. The van der Waals surface area contributed by atoms with Gasteiger partial charge < -0.3 is 20.1 Å². The quantitative estimate of drug-likeness (QED) is 0.551. The minimum atomic E-state index is -0.511. The summed E-state index contributed by atoms with van der Waals surface area (Å²) < 4.78 is 10.4. The molecule has 0 atom stereocenters. The molecule has 0 aliphatic carbocycles. The Labute approximate surface area is 160 Å². The third-order valence-electron chi connectivity index (χ3n) is 3.02. The molecule has 0 heterocycles. The van der Waals surface area contributed by atoms with E-state index < -0.39 is 11.9 Å². The smallest absolute Gasteiger partial charge is 0.338 e. The highest BCUT2D eigenvalue weighted by atomic mass is 32.1. The number of carbonyl (C=O) groups is 2. The minimum Gasteiger partial charge on any atom is -0.459 e. The number of thiocarbonyl (C=S) groups is 1. The van der Waals surface area contributed by atoms with Crippen LogP contribution in [0.1, 0.15) is 62.3 Å². The van der Waals surface area contributed by atoms with Crippen molar-refractivity contribution < 1.29 is 19.1 Å². The van der Waals surface area contributed by atoms with Gasteiger partial charge in [-0.1, -0.05) is 13.8 Å². The largest absolute Gasteiger partial charge is 0.459 e. The molecule has 0 aliphatic heterocycles. The number of hydrogen-bond acceptors (Lipinski definition) is 5. The molecule has 1 aromatic carbocycles. The molecule has 0 bridgehead atoms. The number of nitrogens with one attached hydrogen (secondary N) is 2. The van der Waals surface area contributed by atoms with E-state index in [-0.39, 0.29) is 23.3 Å². The van der Waals surface area contributed by atoms with E-state index in [1.54, 1.807) is 39.8 Å². The highest BCUT2D eigenvalue weighted by Gasteiger charge is 2.17. The van der Waals surface area contributed by atoms with Crippen LogP contribution in [0.5, 0.6) is 0 Å². The standard InChI is InChI=1S/C19H28N2O4S/c1-11(2)10-20-19(26)21-16-8-14(17(22)24-12(3)4)7-15(9-16)18(23)25-13(5)6/h7-9,11-13H,10H2,1-6H3,(H2,20,21,26). The summed E-state index contributed by atoms with van der Waals surface area (Å²) in [6.07, 6.45) is -0.530. The monoisotopic (exact) mass is 380 g/mol. The first-order valence-electron chi connectivity index (χ1n) is 8.70. The van der Waals surface area contributed by atoms with Crippen LogP contribution < -0.4 is 10.6 Å². The lowest BCUT2D eigenvalue weighted by Gasteiger charge is -2.15. The van der Waals surface area contributed by atoms with Gasteiger partial charge in [-0.2, -0.15) is 0 Å². The number of esters is 2. The predicted octanol–water partition coefficient (Wildman–Crippen LogP) is 3.76. The molecular formula is C19H28N2O4S. The van der Waals surface area contributed by atoms with Gasteiger partial charge in [0.2, 0.25) is 0 Å². The van der Waals surface area contributed by atoms with Crippen molar-refractivity contribution in [2.75, 3.05) is 11.9 Å². The van der Waals surface area contributed by atoms with Gasteiger partial charge in [-0.05, 0) is 64.0 Å². The van der Waals surface area contributed by atoms with Crippen molar-refractivity contribution >= 4 is 35.0 Å². The molecule has 0 aromatic heterocycles. The van der Waals surface area contributed by atoms with Gasteiger partial charge in [0.1, 0.15) is 0 Å². The van der Waals surface area contributed by atoms with Crippen LogP contribution in [0.3, 0.4) is 0 Å². The van der Waals surface area contributed by atoms with Crippen molar-refractivity contribution in [2.45, 2.75) is 53.8 Å². The molecule has 0 spiro atoms. The Kier molecular flexibility index (Phi) is 8.51. The van der Waals surface area contributed by atoms with Gasteiger partial charge in [-0.25, -0.2) is 9.59 Å². The maximum Gasteiger partial charge on any atom is 0.338 e. The maximum atomic E-state index is 12.3. The van der Waals surface area contributed by atoms with Gasteiger partial charge in [0, 0.05) is 12.2 Å². The van der Waals surface area contributed by atoms with E-state index >= 15 is 0 Å². The summed E-state index contributed by atoms with van der Waals surface area (Å²) in [5.74, 6) is -0.592. The molecule has 0 aliphatic rings. The number of hydrogen-bond donors (Lipinski definition) is 2. The van der Waals surface area contributed by atoms with Crippen LogP contribution in [0.2, 0.25) is 0 Å². The maximum absolute atomic E-state index is 12.3. The fraction of sp³-hybridized carbons (Fsp3) is 0.526. The number of benzene rings is 1. The van der Waals surface area contributed by atoms with Gasteiger partial charge in [-0.15, -0.1) is 0 Å². The predicted molar refractivity (Wildman–Crippen MR) is 107 cm³/mol. The summed E-state index contributed by atoms with van der Waals surface area (Å²) in [6, 6.07) is 4.66. The van der Waals surface area contributed by atoms with E-state index in [1.807, 2.05) is 0 Å². The number of rotatable bonds is 7. The number of ether oxygens (including phenoxy) is 2. The Morgan fingerprint density at radius 3 is 1.77 bits per heavy atom. The summed E-state index contributed by atoms with van der Waals surface area (Å²) in [7, 11) is 0. The Hall–Kier alpha value is -2.15. The van der Waals surface area contributed by atoms with Gasteiger partial charge in [0.25, 0.3) is 0 Å². The van der Waals surface area contributed by atoms with E-state index in [0.717, 1.165) is 0 Å². The van der Waals surface area contributed by atoms with Crippen molar-refractivity contribution in [3.63, 3.8) is 0 Å². The van der Waals surface area contributed by atoms with Crippen LogP contribution in [0.4, 0.5) is 5.69 Å². The average Bonchev–Trinajstić information content (AvgIpc) is 2.51. The van der Waals surface area contributed by atoms with Crippen LogP contribution in [0.25, 0.3) is 0 Å². The second-order valence-electron chi connectivity index (χ2n) is 6.94. The minimum absolute atomic E-state index is 0.256. The van der Waals surface area contributed by atoms with Gasteiger partial charge in [-0.3, -0.25) is 0 Å². The summed E-state index contributed by atoms with van der Waals surface area (Å²) in [6.45, 7) is 11.9. The Bertz CT molecular complexity index is 617. The molecule has 2 N–H and O–H groups in total. The van der Waals surface area contributed by atoms with Gasteiger partial charge in [0.15, 0.2) is 5.11 Å². The SMILES string of the molecule is CC(C)CNC(=S)Nc1cc(C(=O)OC(C)C)cc(C(=O)OC(C)C)c1. The Morgan fingerprint density at radius 2 is 1.38 bits per heavy atom. The third kappa shape index (κ3) is 7.82. The first kappa shape index (κ1) is 21.9. The molecule has 0 saturated heterocycles. The highest BCUT2D eigenvalue weighted by Crippen LogP contribution is 2.18. The van der Waals surface area contributed by atoms with Crippen LogP contribution in [-0.2, 0) is 9.47 Å². The van der Waals surface area contributed by atoms with Gasteiger partial charge in [0.05, 0.1) is 23.3 Å². The first-order chi connectivity index (χ1) is 12.1. The third-order valence-corrected chi connectivity index (χ3v) is 3.27. The van der Waals surface area contributed by atoms with E-state index in [0.29, 0.717) is 23.3 Å². The van der Waals surface area contributed by atoms with E-state index in [9.17, 15) is 9.59 Å². The molecule has 1 aromatic rings. The molecule has 6 nitrogen and oxygen atoms in total. The van der Waals surface area contributed by atoms with E-state index in [4.69, 9.17) is 21.7 Å². The molecule has 0 amide bonds. The van der Waals surface area contributed by atoms with Crippen LogP contribution in [0.15, 0.2) is 18.2 Å². The lowest BCUT2D eigenvalue weighted by molar-refractivity contribution is 0.0377. The fourth-order valence-electron chi connectivity index (χ4n) is 1.97. The van der Waals surface area contributed by atoms with Crippen molar-refractivity contribution in [1.82, 2.24) is 5.32 Å². The van der Waals surface area contributed by atoms with Gasteiger partial charge >= 0.3 is 11.9 Å². The zero-order valence-electron chi connectivity index (χ0n) is 16.2. The molecule has 0 unspecified atom stereocenters. The molecule has 26 heavy (non-hydrogen) atoms. The fourth-order valence-corrected chi connectivity index (χ4v) is 2.17. The molecule has 0 saturated carbocycles. The molecule has 7 heteroatoms. The van der Waals surface area contributed by atoms with Crippen molar-refractivity contribution in [3.05, 3.63) is 29.3 Å². The first-order valence-corrected chi connectivity index (χ1v) is 9.11. The summed E-state index contributed by atoms with van der Waals surface area (Å²) in [4.78, 5) is 24.5. The van der Waals surface area contributed by atoms with Crippen molar-refractivity contribution in [2.24, 2.45) is 5.92 Å². The lowest BCUT2D eigenvalue weighted by Crippen LogP contribution is -2.31. The second-order valence-corrected chi connectivity index (χ2v) is 7.34. The summed E-state index contributed by atoms with van der Waals surface area (Å²) in [5, 5.41) is 6.49. The average molecular weight is 381 g/mol. The molecule has 144 valence electrons. The Morgan fingerprint density at radius 1 is 0.923 bits per heavy atom. The van der Waals surface area contributed by atoms with Crippen molar-refractivity contribution in [3.8, 4) is 0 Å². The van der Waals surface area contributed by atoms with Crippen molar-refractivity contribution in [1.29, 1.82) is 0 Å². The topological polar surface area (TPSA) is 76.7 Å². The van der Waals surface area contributed by atoms with E-state index in [2.05, 4.69) is 24.5 Å². The van der Waals surface area contributed by atoms with Crippen LogP contribution in [0, 0.1) is 5.92 Å². The zero-order chi connectivity index (χ0) is 19.9. The number of anilines is 1. The lowest BCUT2D eigenvalue weighted by atomic mass is 10.1. The molecular weight excluding hydrogens is 352 g/mol. The van der Waals surface area contributed by atoms with Crippen LogP contribution >= 0.6 is 12.2 Å². The normalized spacial score (nSPS) is 10.8. The van der Waals surface area contributed by atoms with E-state index in [1.165, 1.54) is 6.07 Å².